The maximum absolute atomic E-state index is 8.52. The predicted molar refractivity (Wildman–Crippen MR) is 42.7 cm³/mol. The molecule has 0 aliphatic heterocycles. The van der Waals surface area contributed by atoms with Gasteiger partial charge in [0, 0.05) is 5.69 Å². The Kier molecular flexibility index (Phi) is 3.24. The van der Waals surface area contributed by atoms with Crippen molar-refractivity contribution in [3.05, 3.63) is 0 Å². The third-order valence-corrected chi connectivity index (χ3v) is 3.79. The van der Waals surface area contributed by atoms with Gasteiger partial charge in [-0.15, -0.1) is 11.1 Å². The summed E-state index contributed by atoms with van der Waals surface area (Å²) in [5.74, 6) is 0.554. The van der Waals surface area contributed by atoms with E-state index in [0.717, 1.165) is 6.04 Å². The van der Waals surface area contributed by atoms with E-state index in [1.54, 1.807) is 0 Å². The fourth-order valence-corrected chi connectivity index (χ4v) is 3.36. The van der Waals surface area contributed by atoms with Crippen molar-refractivity contribution >= 4 is 18.5 Å². The molecule has 0 aromatic rings. The highest BCUT2D eigenvalue weighted by Gasteiger charge is 2.25. The maximum Gasteiger partial charge on any atom is 0.265 e. The molecule has 1 atom stereocenters. The van der Waals surface area contributed by atoms with Crippen LogP contribution in [0.5, 0.6) is 0 Å². The number of hydrogen-bond donors (Lipinski definition) is 0. The fraction of sp³-hybridized carbons (Fsp3) is 0.833. The summed E-state index contributed by atoms with van der Waals surface area (Å²) in [6.07, 6.45) is 0. The highest BCUT2D eigenvalue weighted by Crippen LogP contribution is 2.18. The van der Waals surface area contributed by atoms with Gasteiger partial charge in [-0.05, 0) is 18.5 Å². The molecule has 0 aliphatic carbocycles. The highest BCUT2D eigenvalue weighted by atomic mass is 35.6. The molecule has 0 amide bonds. The van der Waals surface area contributed by atoms with Crippen molar-refractivity contribution in [1.82, 2.24) is 0 Å². The Balaban J connectivity index is 3.76. The first kappa shape index (κ1) is 9.00. The monoisotopic (exact) mass is 161 g/mol. The van der Waals surface area contributed by atoms with Crippen molar-refractivity contribution in [1.29, 1.82) is 5.26 Å². The van der Waals surface area contributed by atoms with E-state index in [9.17, 15) is 0 Å². The molecule has 0 aromatic carbocycles. The summed E-state index contributed by atoms with van der Waals surface area (Å²) in [7, 11) is -1.96. The zero-order valence-electron chi connectivity index (χ0n) is 6.11. The van der Waals surface area contributed by atoms with E-state index >= 15 is 0 Å². The van der Waals surface area contributed by atoms with Gasteiger partial charge in [-0.25, -0.2) is 5.26 Å². The summed E-state index contributed by atoms with van der Waals surface area (Å²) >= 11 is 5.89. The lowest BCUT2D eigenvalue weighted by Crippen LogP contribution is -2.21. The van der Waals surface area contributed by atoms with Crippen LogP contribution in [-0.4, -0.2) is 7.38 Å². The molecule has 0 aromatic heterocycles. The average molecular weight is 162 g/mol. The molecule has 52 valence electrons. The lowest BCUT2D eigenvalue weighted by atomic mass is 10.3. The van der Waals surface area contributed by atoms with Crippen molar-refractivity contribution in [3.8, 4) is 5.69 Å². The van der Waals surface area contributed by atoms with E-state index in [1.165, 1.54) is 0 Å². The van der Waals surface area contributed by atoms with Crippen LogP contribution in [0.2, 0.25) is 12.6 Å². The first-order chi connectivity index (χ1) is 3.98. The lowest BCUT2D eigenvalue weighted by molar-refractivity contribution is 0.726. The van der Waals surface area contributed by atoms with Gasteiger partial charge < -0.3 is 0 Å². The summed E-state index contributed by atoms with van der Waals surface area (Å²) in [6.45, 7) is 6.06. The van der Waals surface area contributed by atoms with Crippen LogP contribution in [0.3, 0.4) is 0 Å². The molecule has 0 saturated carbocycles. The van der Waals surface area contributed by atoms with Crippen LogP contribution in [-0.2, 0) is 0 Å². The Bertz CT molecular complexity index is 126. The molecule has 0 heterocycles. The van der Waals surface area contributed by atoms with Crippen LogP contribution >= 0.6 is 11.1 Å². The van der Waals surface area contributed by atoms with Crippen molar-refractivity contribution in [3.63, 3.8) is 0 Å². The number of nitrogens with zero attached hydrogens (tertiary/aromatic N) is 1. The van der Waals surface area contributed by atoms with E-state index < -0.39 is 7.38 Å². The number of rotatable bonds is 2. The van der Waals surface area contributed by atoms with Crippen LogP contribution in [0.25, 0.3) is 0 Å². The lowest BCUT2D eigenvalue weighted by Gasteiger charge is -2.10. The Labute approximate surface area is 62.3 Å². The predicted octanol–water partition coefficient (Wildman–Crippen LogP) is 2.52. The Hall–Kier alpha value is -0.00312. The van der Waals surface area contributed by atoms with E-state index in [2.05, 4.69) is 19.5 Å². The second kappa shape index (κ2) is 3.24. The van der Waals surface area contributed by atoms with Crippen molar-refractivity contribution in [2.45, 2.75) is 26.4 Å². The first-order valence-corrected chi connectivity index (χ1v) is 6.80. The molecule has 1 unspecified atom stereocenters. The maximum atomic E-state index is 8.52. The highest BCUT2D eigenvalue weighted by molar-refractivity contribution is 7.24. The van der Waals surface area contributed by atoms with Gasteiger partial charge in [0.15, 0.2) is 0 Å². The van der Waals surface area contributed by atoms with Crippen molar-refractivity contribution in [2.24, 2.45) is 5.92 Å². The van der Waals surface area contributed by atoms with E-state index in [4.69, 9.17) is 16.3 Å². The smallest absolute Gasteiger partial charge is 0.205 e. The minimum absolute atomic E-state index is 0.554. The minimum Gasteiger partial charge on any atom is -0.205 e. The van der Waals surface area contributed by atoms with Crippen LogP contribution in [0, 0.1) is 16.9 Å². The molecular formula is C6H12ClNSi. The standard InChI is InChI=1S/C6H12ClNSi/c1-6(2)4-9(3,7)5-8/h6H,4H2,1-3H3. The van der Waals surface area contributed by atoms with Gasteiger partial charge in [0.25, 0.3) is 7.38 Å². The number of halogens is 1. The van der Waals surface area contributed by atoms with E-state index in [1.807, 2.05) is 6.55 Å². The Morgan fingerprint density at radius 3 is 2.22 bits per heavy atom. The van der Waals surface area contributed by atoms with Crippen molar-refractivity contribution in [2.75, 3.05) is 0 Å². The molecule has 9 heavy (non-hydrogen) atoms. The molecule has 0 spiro atoms. The topological polar surface area (TPSA) is 23.8 Å². The molecule has 3 heteroatoms. The summed E-state index contributed by atoms with van der Waals surface area (Å²) in [6, 6.07) is 0.894. The van der Waals surface area contributed by atoms with E-state index in [-0.39, 0.29) is 0 Å². The van der Waals surface area contributed by atoms with E-state index in [0.29, 0.717) is 5.92 Å². The van der Waals surface area contributed by atoms with Gasteiger partial charge in [-0.2, -0.15) is 0 Å². The second-order valence-electron chi connectivity index (χ2n) is 2.91. The van der Waals surface area contributed by atoms with Gasteiger partial charge in [-0.3, -0.25) is 0 Å². The van der Waals surface area contributed by atoms with Crippen LogP contribution in [0.4, 0.5) is 0 Å². The van der Waals surface area contributed by atoms with Crippen LogP contribution in [0.1, 0.15) is 13.8 Å². The second-order valence-corrected chi connectivity index (χ2v) is 8.44. The number of hydrogen-bond acceptors (Lipinski definition) is 1. The zero-order valence-corrected chi connectivity index (χ0v) is 7.87. The molecule has 0 fully saturated rings. The number of nitriles is 1. The molecule has 0 N–H and O–H groups in total. The van der Waals surface area contributed by atoms with Gasteiger partial charge in [-0.1, -0.05) is 13.8 Å². The zero-order chi connectivity index (χ0) is 7.49. The summed E-state index contributed by atoms with van der Waals surface area (Å²) in [5, 5.41) is 8.52. The minimum atomic E-state index is -1.96. The molecule has 1 nitrogen and oxygen atoms in total. The SMILES string of the molecule is CC(C)C[Si](C)(Cl)C#N. The Morgan fingerprint density at radius 2 is 2.11 bits per heavy atom. The molecular weight excluding hydrogens is 150 g/mol. The fourth-order valence-electron chi connectivity index (χ4n) is 0.812. The average Bonchev–Trinajstić information content (AvgIpc) is 1.63. The van der Waals surface area contributed by atoms with Gasteiger partial charge in [0.05, 0.1) is 0 Å². The molecule has 0 saturated heterocycles. The Morgan fingerprint density at radius 1 is 1.67 bits per heavy atom. The third-order valence-electron chi connectivity index (χ3n) is 1.02. The van der Waals surface area contributed by atoms with Crippen LogP contribution < -0.4 is 0 Å². The largest absolute Gasteiger partial charge is 0.265 e. The van der Waals surface area contributed by atoms with Crippen LogP contribution in [0.15, 0.2) is 0 Å². The summed E-state index contributed by atoms with van der Waals surface area (Å²) < 4.78 is 0. The molecule has 0 aliphatic rings. The van der Waals surface area contributed by atoms with Gasteiger partial charge in [0.2, 0.25) is 0 Å². The van der Waals surface area contributed by atoms with Gasteiger partial charge in [0.1, 0.15) is 0 Å². The first-order valence-electron chi connectivity index (χ1n) is 3.08. The summed E-state index contributed by atoms with van der Waals surface area (Å²) in [4.78, 5) is 0. The molecule has 0 radical (unpaired) electrons. The normalized spacial score (nSPS) is 16.9. The molecule has 0 bridgehead atoms. The quantitative estimate of drug-likeness (QED) is 0.451. The third kappa shape index (κ3) is 4.50. The van der Waals surface area contributed by atoms with Crippen molar-refractivity contribution < 1.29 is 0 Å². The van der Waals surface area contributed by atoms with Gasteiger partial charge >= 0.3 is 0 Å². The summed E-state index contributed by atoms with van der Waals surface area (Å²) in [5.41, 5.74) is 2.18. The molecule has 0 rings (SSSR count).